The summed E-state index contributed by atoms with van der Waals surface area (Å²) in [5, 5.41) is 9.31. The fourth-order valence-electron chi connectivity index (χ4n) is 3.63. The van der Waals surface area contributed by atoms with Crippen LogP contribution < -0.4 is 0 Å². The topological polar surface area (TPSA) is 57.6 Å². The maximum absolute atomic E-state index is 12.8. The second-order valence-electron chi connectivity index (χ2n) is 5.86. The van der Waals surface area contributed by atoms with Crippen LogP contribution in [0.15, 0.2) is 29.2 Å². The lowest BCUT2D eigenvalue weighted by atomic mass is 9.79. The average molecular weight is 295 g/mol. The lowest BCUT2D eigenvalue weighted by molar-refractivity contribution is 0.129. The molecular weight excluding hydrogens is 274 g/mol. The minimum atomic E-state index is -3.43. The van der Waals surface area contributed by atoms with Crippen molar-refractivity contribution in [3.8, 4) is 5.75 Å². The Morgan fingerprint density at radius 3 is 2.40 bits per heavy atom. The van der Waals surface area contributed by atoms with Crippen molar-refractivity contribution in [2.45, 2.75) is 49.5 Å². The summed E-state index contributed by atoms with van der Waals surface area (Å²) >= 11 is 0. The number of rotatable bonds is 2. The van der Waals surface area contributed by atoms with E-state index in [0.717, 1.165) is 32.1 Å². The van der Waals surface area contributed by atoms with Crippen molar-refractivity contribution in [1.82, 2.24) is 4.31 Å². The molecule has 0 radical (unpaired) electrons. The molecule has 110 valence electrons. The van der Waals surface area contributed by atoms with Crippen LogP contribution in [0.25, 0.3) is 0 Å². The van der Waals surface area contributed by atoms with Gasteiger partial charge in [0.2, 0.25) is 10.0 Å². The van der Waals surface area contributed by atoms with Crippen molar-refractivity contribution in [1.29, 1.82) is 0 Å². The van der Waals surface area contributed by atoms with Crippen molar-refractivity contribution in [2.75, 3.05) is 6.54 Å². The Morgan fingerprint density at radius 1 is 1.00 bits per heavy atom. The maximum Gasteiger partial charge on any atom is 0.243 e. The Balaban J connectivity index is 1.91. The number of sulfonamides is 1. The first-order chi connectivity index (χ1) is 9.59. The maximum atomic E-state index is 12.8. The molecule has 2 unspecified atom stereocenters. The van der Waals surface area contributed by atoms with Crippen molar-refractivity contribution in [2.24, 2.45) is 5.92 Å². The normalized spacial score (nSPS) is 28.0. The minimum absolute atomic E-state index is 0.0955. The van der Waals surface area contributed by atoms with E-state index in [9.17, 15) is 13.5 Å². The Kier molecular flexibility index (Phi) is 3.73. The smallest absolute Gasteiger partial charge is 0.243 e. The summed E-state index contributed by atoms with van der Waals surface area (Å²) in [6.07, 6.45) is 6.62. The van der Waals surface area contributed by atoms with E-state index in [4.69, 9.17) is 0 Å². The molecule has 1 heterocycles. The van der Waals surface area contributed by atoms with Gasteiger partial charge < -0.3 is 5.11 Å². The molecule has 3 rings (SSSR count). The van der Waals surface area contributed by atoms with E-state index >= 15 is 0 Å². The predicted molar refractivity (Wildman–Crippen MR) is 77.0 cm³/mol. The van der Waals surface area contributed by atoms with Gasteiger partial charge in [0.05, 0.1) is 4.90 Å². The molecule has 0 spiro atoms. The fraction of sp³-hybridized carbons (Fsp3) is 0.600. The number of benzene rings is 1. The van der Waals surface area contributed by atoms with Crippen LogP contribution in [0.1, 0.15) is 38.5 Å². The second kappa shape index (κ2) is 5.37. The van der Waals surface area contributed by atoms with E-state index in [1.165, 1.54) is 30.7 Å². The molecule has 1 saturated heterocycles. The third-order valence-corrected chi connectivity index (χ3v) is 6.57. The third kappa shape index (κ3) is 2.44. The van der Waals surface area contributed by atoms with Crippen molar-refractivity contribution in [3.05, 3.63) is 24.3 Å². The molecule has 5 heteroatoms. The van der Waals surface area contributed by atoms with Gasteiger partial charge in [-0.25, -0.2) is 8.42 Å². The van der Waals surface area contributed by atoms with Gasteiger partial charge >= 0.3 is 0 Å². The van der Waals surface area contributed by atoms with Gasteiger partial charge in [-0.05, 0) is 55.9 Å². The molecule has 1 saturated carbocycles. The van der Waals surface area contributed by atoms with Gasteiger partial charge in [-0.1, -0.05) is 12.8 Å². The SMILES string of the molecule is O=S(=O)(c1ccc(O)cc1)N1CCCC2CCCCC21. The number of aromatic hydroxyl groups is 1. The first kappa shape index (κ1) is 13.9. The molecule has 2 aliphatic rings. The number of nitrogens with zero attached hydrogens (tertiary/aromatic N) is 1. The minimum Gasteiger partial charge on any atom is -0.508 e. The molecule has 1 aromatic rings. The van der Waals surface area contributed by atoms with Crippen LogP contribution in [0.4, 0.5) is 0 Å². The highest BCUT2D eigenvalue weighted by molar-refractivity contribution is 7.89. The molecule has 0 aromatic heterocycles. The molecule has 4 nitrogen and oxygen atoms in total. The zero-order chi connectivity index (χ0) is 14.2. The summed E-state index contributed by atoms with van der Waals surface area (Å²) in [5.74, 6) is 0.627. The van der Waals surface area contributed by atoms with Gasteiger partial charge in [0, 0.05) is 12.6 Å². The van der Waals surface area contributed by atoms with Gasteiger partial charge in [-0.3, -0.25) is 0 Å². The summed E-state index contributed by atoms with van der Waals surface area (Å²) in [4.78, 5) is 0.293. The van der Waals surface area contributed by atoms with E-state index < -0.39 is 10.0 Å². The molecule has 20 heavy (non-hydrogen) atoms. The number of hydrogen-bond acceptors (Lipinski definition) is 3. The summed E-state index contributed by atoms with van der Waals surface area (Å²) in [5.41, 5.74) is 0. The van der Waals surface area contributed by atoms with Crippen LogP contribution in [-0.2, 0) is 10.0 Å². The zero-order valence-electron chi connectivity index (χ0n) is 11.5. The monoisotopic (exact) mass is 295 g/mol. The van der Waals surface area contributed by atoms with Crippen molar-refractivity contribution in [3.63, 3.8) is 0 Å². The van der Waals surface area contributed by atoms with E-state index in [2.05, 4.69) is 0 Å². The van der Waals surface area contributed by atoms with Crippen LogP contribution in [0.2, 0.25) is 0 Å². The lowest BCUT2D eigenvalue weighted by Gasteiger charge is -2.43. The van der Waals surface area contributed by atoms with Crippen LogP contribution >= 0.6 is 0 Å². The largest absolute Gasteiger partial charge is 0.508 e. The molecule has 2 fully saturated rings. The van der Waals surface area contributed by atoms with Gasteiger partial charge in [0.25, 0.3) is 0 Å². The standard InChI is InChI=1S/C15H21NO3S/c17-13-7-9-14(10-8-13)20(18,19)16-11-3-5-12-4-1-2-6-15(12)16/h7-10,12,15,17H,1-6,11H2. The number of piperidine rings is 1. The van der Waals surface area contributed by atoms with Crippen LogP contribution in [0.3, 0.4) is 0 Å². The summed E-state index contributed by atoms with van der Waals surface area (Å²) in [6.45, 7) is 0.629. The molecule has 2 atom stereocenters. The van der Waals surface area contributed by atoms with Gasteiger partial charge in [-0.2, -0.15) is 4.31 Å². The van der Waals surface area contributed by atoms with Crippen molar-refractivity contribution >= 4 is 10.0 Å². The molecule has 1 aromatic carbocycles. The molecule has 1 aliphatic heterocycles. The van der Waals surface area contributed by atoms with Crippen molar-refractivity contribution < 1.29 is 13.5 Å². The quantitative estimate of drug-likeness (QED) is 0.912. The highest BCUT2D eigenvalue weighted by Crippen LogP contribution is 2.38. The lowest BCUT2D eigenvalue weighted by Crippen LogP contribution is -2.49. The summed E-state index contributed by atoms with van der Waals surface area (Å²) in [7, 11) is -3.43. The van der Waals surface area contributed by atoms with Gasteiger partial charge in [0.15, 0.2) is 0 Å². The number of fused-ring (bicyclic) bond motifs is 1. The van der Waals surface area contributed by atoms with Crippen LogP contribution in [0.5, 0.6) is 5.75 Å². The van der Waals surface area contributed by atoms with E-state index in [1.54, 1.807) is 4.31 Å². The Hall–Kier alpha value is -1.07. The van der Waals surface area contributed by atoms with Gasteiger partial charge in [0.1, 0.15) is 5.75 Å². The zero-order valence-corrected chi connectivity index (χ0v) is 12.3. The number of phenols is 1. The third-order valence-electron chi connectivity index (χ3n) is 4.64. The molecule has 1 aliphatic carbocycles. The van der Waals surface area contributed by atoms with Crippen LogP contribution in [-0.4, -0.2) is 30.4 Å². The molecule has 0 bridgehead atoms. The first-order valence-electron chi connectivity index (χ1n) is 7.40. The summed E-state index contributed by atoms with van der Waals surface area (Å²) < 4.78 is 27.3. The highest BCUT2D eigenvalue weighted by atomic mass is 32.2. The first-order valence-corrected chi connectivity index (χ1v) is 8.84. The highest BCUT2D eigenvalue weighted by Gasteiger charge is 2.39. The molecule has 1 N–H and O–H groups in total. The number of hydrogen-bond donors (Lipinski definition) is 1. The van der Waals surface area contributed by atoms with E-state index in [1.807, 2.05) is 0 Å². The average Bonchev–Trinajstić information content (AvgIpc) is 2.47. The Morgan fingerprint density at radius 2 is 1.65 bits per heavy atom. The summed E-state index contributed by atoms with van der Waals surface area (Å²) in [6, 6.07) is 6.05. The predicted octanol–water partition coefficient (Wildman–Crippen LogP) is 2.74. The molecule has 0 amide bonds. The van der Waals surface area contributed by atoms with E-state index in [0.29, 0.717) is 17.4 Å². The fourth-order valence-corrected chi connectivity index (χ4v) is 5.39. The number of phenolic OH excluding ortho intramolecular Hbond substituents is 1. The van der Waals surface area contributed by atoms with Crippen LogP contribution in [0, 0.1) is 5.92 Å². The Labute approximate surface area is 120 Å². The second-order valence-corrected chi connectivity index (χ2v) is 7.75. The van der Waals surface area contributed by atoms with E-state index in [-0.39, 0.29) is 11.8 Å². The van der Waals surface area contributed by atoms with Gasteiger partial charge in [-0.15, -0.1) is 0 Å². The molecular formula is C15H21NO3S. The Bertz CT molecular complexity index is 565.